The molecule has 0 bridgehead atoms. The molecule has 1 fully saturated rings. The summed E-state index contributed by atoms with van der Waals surface area (Å²) in [5.74, 6) is 0.737. The van der Waals surface area contributed by atoms with Crippen molar-refractivity contribution in [3.05, 3.63) is 72.9 Å². The zero-order valence-electron chi connectivity index (χ0n) is 19.2. The third-order valence-electron chi connectivity index (χ3n) is 5.81. The summed E-state index contributed by atoms with van der Waals surface area (Å²) >= 11 is 1.55. The number of anilines is 4. The van der Waals surface area contributed by atoms with Crippen LogP contribution < -0.4 is 15.5 Å². The zero-order chi connectivity index (χ0) is 23.9. The van der Waals surface area contributed by atoms with E-state index in [9.17, 15) is 9.90 Å². The summed E-state index contributed by atoms with van der Waals surface area (Å²) in [6.45, 7) is 7.68. The van der Waals surface area contributed by atoms with Gasteiger partial charge in [-0.05, 0) is 80.3 Å². The summed E-state index contributed by atoms with van der Waals surface area (Å²) in [7, 11) is 0. The first-order valence-corrected chi connectivity index (χ1v) is 12.1. The molecule has 34 heavy (non-hydrogen) atoms. The van der Waals surface area contributed by atoms with Gasteiger partial charge in [0.1, 0.15) is 5.03 Å². The largest absolute Gasteiger partial charge is 0.396 e. The lowest BCUT2D eigenvalue weighted by atomic mass is 9.97. The second-order valence-corrected chi connectivity index (χ2v) is 9.35. The van der Waals surface area contributed by atoms with Crippen molar-refractivity contribution in [2.75, 3.05) is 35.2 Å². The number of aliphatic hydroxyl groups is 1. The fraction of sp³-hybridized carbons (Fsp3) is 0.269. The molecule has 0 saturated carbocycles. The highest BCUT2D eigenvalue weighted by Crippen LogP contribution is 2.31. The minimum absolute atomic E-state index is 0.234. The monoisotopic (exact) mass is 475 g/mol. The standard InChI is InChI=1S/C26H29N5O2S/c1-3-24(33)28-20-6-10-23(11-7-20)34-25-18(2)16-27-26(30-25)29-21-4-8-22(9-5-21)31-14-12-19(17-32)13-15-31/h3-11,16,19,32H,1,12-15,17H2,2H3,(H,28,33)(H,27,29,30). The van der Waals surface area contributed by atoms with Crippen molar-refractivity contribution in [1.29, 1.82) is 0 Å². The molecule has 2 aromatic carbocycles. The molecule has 1 aromatic heterocycles. The first kappa shape index (κ1) is 23.8. The molecule has 2 heterocycles. The van der Waals surface area contributed by atoms with Crippen LogP contribution in [0.4, 0.5) is 23.0 Å². The summed E-state index contributed by atoms with van der Waals surface area (Å²) in [6, 6.07) is 15.9. The van der Waals surface area contributed by atoms with Crippen LogP contribution >= 0.6 is 11.8 Å². The number of rotatable bonds is 8. The van der Waals surface area contributed by atoms with Gasteiger partial charge in [-0.25, -0.2) is 9.97 Å². The van der Waals surface area contributed by atoms with Gasteiger partial charge in [0.15, 0.2) is 0 Å². The zero-order valence-corrected chi connectivity index (χ0v) is 20.0. The normalized spacial score (nSPS) is 14.0. The number of nitrogens with zero attached hydrogens (tertiary/aromatic N) is 3. The number of aliphatic hydroxyl groups excluding tert-OH is 1. The maximum Gasteiger partial charge on any atom is 0.247 e. The summed E-state index contributed by atoms with van der Waals surface area (Å²) < 4.78 is 0. The first-order chi connectivity index (χ1) is 16.5. The van der Waals surface area contributed by atoms with Gasteiger partial charge in [0.05, 0.1) is 0 Å². The Balaban J connectivity index is 1.39. The van der Waals surface area contributed by atoms with Crippen molar-refractivity contribution in [1.82, 2.24) is 9.97 Å². The Hall–Kier alpha value is -3.36. The highest BCUT2D eigenvalue weighted by molar-refractivity contribution is 7.99. The lowest BCUT2D eigenvalue weighted by Crippen LogP contribution is -2.34. The number of hydrogen-bond acceptors (Lipinski definition) is 7. The lowest BCUT2D eigenvalue weighted by Gasteiger charge is -2.32. The van der Waals surface area contributed by atoms with E-state index in [-0.39, 0.29) is 12.5 Å². The van der Waals surface area contributed by atoms with E-state index in [4.69, 9.17) is 4.98 Å². The number of piperidine rings is 1. The molecule has 1 aliphatic rings. The number of aromatic nitrogens is 2. The Bertz CT molecular complexity index is 1130. The Morgan fingerprint density at radius 1 is 1.15 bits per heavy atom. The second kappa shape index (κ2) is 11.2. The van der Waals surface area contributed by atoms with Crippen molar-refractivity contribution >= 4 is 40.7 Å². The number of aryl methyl sites for hydroxylation is 1. The fourth-order valence-corrected chi connectivity index (χ4v) is 4.60. The van der Waals surface area contributed by atoms with E-state index in [1.807, 2.05) is 49.5 Å². The SMILES string of the molecule is C=CC(=O)Nc1ccc(Sc2nc(Nc3ccc(N4CCC(CO)CC4)cc3)ncc2C)cc1. The maximum absolute atomic E-state index is 11.4. The molecular weight excluding hydrogens is 446 g/mol. The van der Waals surface area contributed by atoms with Crippen LogP contribution in [0.2, 0.25) is 0 Å². The molecule has 0 aliphatic carbocycles. The van der Waals surface area contributed by atoms with Crippen LogP contribution in [0, 0.1) is 12.8 Å². The van der Waals surface area contributed by atoms with Crippen molar-refractivity contribution in [2.45, 2.75) is 29.7 Å². The van der Waals surface area contributed by atoms with Crippen LogP contribution in [0.15, 0.2) is 77.3 Å². The van der Waals surface area contributed by atoms with Crippen LogP contribution in [0.3, 0.4) is 0 Å². The van der Waals surface area contributed by atoms with Crippen molar-refractivity contribution < 1.29 is 9.90 Å². The molecule has 1 amide bonds. The quantitative estimate of drug-likeness (QED) is 0.312. The molecule has 1 aliphatic heterocycles. The number of carbonyl (C=O) groups excluding carboxylic acids is 1. The van der Waals surface area contributed by atoms with Gasteiger partial charge < -0.3 is 20.6 Å². The Morgan fingerprint density at radius 2 is 1.82 bits per heavy atom. The van der Waals surface area contributed by atoms with Crippen LogP contribution in [0.1, 0.15) is 18.4 Å². The molecule has 7 nitrogen and oxygen atoms in total. The van der Waals surface area contributed by atoms with E-state index in [1.165, 1.54) is 11.8 Å². The molecule has 8 heteroatoms. The predicted molar refractivity (Wildman–Crippen MR) is 138 cm³/mol. The molecule has 176 valence electrons. The van der Waals surface area contributed by atoms with E-state index in [0.29, 0.717) is 11.9 Å². The molecule has 0 radical (unpaired) electrons. The number of benzene rings is 2. The van der Waals surface area contributed by atoms with Gasteiger partial charge in [-0.2, -0.15) is 0 Å². The minimum atomic E-state index is -0.234. The highest BCUT2D eigenvalue weighted by atomic mass is 32.2. The summed E-state index contributed by atoms with van der Waals surface area (Å²) in [6.07, 6.45) is 5.12. The number of hydrogen-bond donors (Lipinski definition) is 3. The van der Waals surface area contributed by atoms with Gasteiger partial charge in [-0.3, -0.25) is 4.79 Å². The van der Waals surface area contributed by atoms with E-state index in [2.05, 4.69) is 39.2 Å². The molecule has 0 atom stereocenters. The van der Waals surface area contributed by atoms with E-state index in [1.54, 1.807) is 11.8 Å². The molecule has 3 N–H and O–H groups in total. The average Bonchev–Trinajstić information content (AvgIpc) is 2.87. The molecule has 4 rings (SSSR count). The molecule has 0 unspecified atom stereocenters. The van der Waals surface area contributed by atoms with Crippen LogP contribution in [0.5, 0.6) is 0 Å². The first-order valence-electron chi connectivity index (χ1n) is 11.3. The highest BCUT2D eigenvalue weighted by Gasteiger charge is 2.18. The molecule has 3 aromatic rings. The third-order valence-corrected chi connectivity index (χ3v) is 6.92. The van der Waals surface area contributed by atoms with Crippen LogP contribution in [0.25, 0.3) is 0 Å². The van der Waals surface area contributed by atoms with Crippen LogP contribution in [-0.2, 0) is 4.79 Å². The van der Waals surface area contributed by atoms with E-state index >= 15 is 0 Å². The second-order valence-electron chi connectivity index (χ2n) is 8.29. The van der Waals surface area contributed by atoms with Crippen molar-refractivity contribution in [3.63, 3.8) is 0 Å². The fourth-order valence-electron chi connectivity index (χ4n) is 3.76. The summed E-state index contributed by atoms with van der Waals surface area (Å²) in [4.78, 5) is 24.0. The Morgan fingerprint density at radius 3 is 2.47 bits per heavy atom. The molecular formula is C26H29N5O2S. The molecule has 1 saturated heterocycles. The van der Waals surface area contributed by atoms with Crippen molar-refractivity contribution in [2.24, 2.45) is 5.92 Å². The maximum atomic E-state index is 11.4. The average molecular weight is 476 g/mol. The van der Waals surface area contributed by atoms with E-state index < -0.39 is 0 Å². The topological polar surface area (TPSA) is 90.4 Å². The van der Waals surface area contributed by atoms with Gasteiger partial charge >= 0.3 is 0 Å². The Kier molecular flexibility index (Phi) is 7.82. The van der Waals surface area contributed by atoms with Crippen molar-refractivity contribution in [3.8, 4) is 0 Å². The molecule has 0 spiro atoms. The summed E-state index contributed by atoms with van der Waals surface area (Å²) in [5.41, 5.74) is 3.82. The third kappa shape index (κ3) is 6.15. The Labute approximate surface area is 204 Å². The van der Waals surface area contributed by atoms with Gasteiger partial charge in [-0.15, -0.1) is 0 Å². The van der Waals surface area contributed by atoms with Gasteiger partial charge in [-0.1, -0.05) is 18.3 Å². The van der Waals surface area contributed by atoms with E-state index in [0.717, 1.165) is 52.8 Å². The van der Waals surface area contributed by atoms with Crippen LogP contribution in [-0.4, -0.2) is 40.7 Å². The smallest absolute Gasteiger partial charge is 0.247 e. The predicted octanol–water partition coefficient (Wildman–Crippen LogP) is 5.01. The number of nitrogens with one attached hydrogen (secondary N) is 2. The number of amides is 1. The number of carbonyl (C=O) groups is 1. The van der Waals surface area contributed by atoms with Gasteiger partial charge in [0.25, 0.3) is 0 Å². The summed E-state index contributed by atoms with van der Waals surface area (Å²) in [5, 5.41) is 16.2. The lowest BCUT2D eigenvalue weighted by molar-refractivity contribution is -0.111. The van der Waals surface area contributed by atoms with Gasteiger partial charge in [0.2, 0.25) is 11.9 Å². The minimum Gasteiger partial charge on any atom is -0.396 e. The van der Waals surface area contributed by atoms with Gasteiger partial charge in [0, 0.05) is 53.4 Å².